The Bertz CT molecular complexity index is 832. The summed E-state index contributed by atoms with van der Waals surface area (Å²) in [7, 11) is 0. The lowest BCUT2D eigenvalue weighted by Crippen LogP contribution is -3.14. The van der Waals surface area contributed by atoms with E-state index in [0.29, 0.717) is 5.75 Å². The van der Waals surface area contributed by atoms with Crippen LogP contribution in [0.5, 0.6) is 5.75 Å². The maximum absolute atomic E-state index is 12.6. The zero-order valence-corrected chi connectivity index (χ0v) is 16.6. The molecule has 7 nitrogen and oxygen atoms in total. The second kappa shape index (κ2) is 10.0. The van der Waals surface area contributed by atoms with Crippen molar-refractivity contribution in [3.8, 4) is 5.75 Å². The van der Waals surface area contributed by atoms with E-state index in [4.69, 9.17) is 15.2 Å². The molecule has 2 amide bonds. The summed E-state index contributed by atoms with van der Waals surface area (Å²) in [5.41, 5.74) is 7.85. The monoisotopic (exact) mass is 398 g/mol. The molecule has 7 heteroatoms. The van der Waals surface area contributed by atoms with Gasteiger partial charge in [0, 0.05) is 0 Å². The number of nitrogens with two attached hydrogens (primary N) is 1. The van der Waals surface area contributed by atoms with Crippen LogP contribution in [0, 0.1) is 6.92 Å². The number of hydrogen-bond acceptors (Lipinski definition) is 4. The van der Waals surface area contributed by atoms with Crippen molar-refractivity contribution >= 4 is 11.8 Å². The second-order valence-corrected chi connectivity index (χ2v) is 7.25. The molecule has 0 radical (unpaired) electrons. The number of para-hydroxylation sites is 1. The highest BCUT2D eigenvalue weighted by Gasteiger charge is 2.23. The molecule has 1 aliphatic rings. The minimum Gasteiger partial charge on any atom is -0.483 e. The number of carbonyl (C=O) groups is 2. The molecule has 3 rings (SSSR count). The predicted molar refractivity (Wildman–Crippen MR) is 109 cm³/mol. The SMILES string of the molecule is Cc1ccc([C@@H](C[NH+]2CCOCC2)NC(=O)COc2ccccc2C(N)=O)cc1. The van der Waals surface area contributed by atoms with Crippen LogP contribution < -0.4 is 20.7 Å². The summed E-state index contributed by atoms with van der Waals surface area (Å²) >= 11 is 0. The lowest BCUT2D eigenvalue weighted by molar-refractivity contribution is -0.909. The quantitative estimate of drug-likeness (QED) is 0.594. The number of nitrogens with one attached hydrogen (secondary N) is 2. The number of amides is 2. The molecule has 2 aromatic carbocycles. The molecule has 0 unspecified atom stereocenters. The van der Waals surface area contributed by atoms with Gasteiger partial charge in [0.15, 0.2) is 6.61 Å². The van der Waals surface area contributed by atoms with Gasteiger partial charge in [-0.05, 0) is 24.6 Å². The third-order valence-corrected chi connectivity index (χ3v) is 5.02. The molecular weight excluding hydrogens is 370 g/mol. The van der Waals surface area contributed by atoms with Crippen LogP contribution in [0.4, 0.5) is 0 Å². The van der Waals surface area contributed by atoms with E-state index in [9.17, 15) is 9.59 Å². The van der Waals surface area contributed by atoms with Gasteiger partial charge in [-0.15, -0.1) is 0 Å². The number of rotatable bonds is 8. The van der Waals surface area contributed by atoms with Crippen molar-refractivity contribution in [1.82, 2.24) is 5.32 Å². The van der Waals surface area contributed by atoms with Crippen molar-refractivity contribution in [3.63, 3.8) is 0 Å². The minimum atomic E-state index is -0.588. The van der Waals surface area contributed by atoms with Crippen molar-refractivity contribution < 1.29 is 24.0 Å². The summed E-state index contributed by atoms with van der Waals surface area (Å²) in [6, 6.07) is 14.7. The Labute approximate surface area is 170 Å². The van der Waals surface area contributed by atoms with Crippen LogP contribution in [-0.2, 0) is 9.53 Å². The van der Waals surface area contributed by atoms with Crippen LogP contribution >= 0.6 is 0 Å². The van der Waals surface area contributed by atoms with E-state index >= 15 is 0 Å². The molecule has 0 saturated carbocycles. The number of carbonyl (C=O) groups excluding carboxylic acids is 2. The zero-order chi connectivity index (χ0) is 20.6. The molecule has 2 aromatic rings. The Morgan fingerprint density at radius 1 is 1.14 bits per heavy atom. The van der Waals surface area contributed by atoms with Crippen molar-refractivity contribution in [2.45, 2.75) is 13.0 Å². The van der Waals surface area contributed by atoms with Gasteiger partial charge in [0.25, 0.3) is 11.8 Å². The lowest BCUT2D eigenvalue weighted by Gasteiger charge is -2.28. The van der Waals surface area contributed by atoms with Crippen molar-refractivity contribution in [1.29, 1.82) is 0 Å². The van der Waals surface area contributed by atoms with E-state index in [1.54, 1.807) is 24.3 Å². The Hall–Kier alpha value is -2.90. The molecule has 1 aliphatic heterocycles. The molecule has 1 fully saturated rings. The highest BCUT2D eigenvalue weighted by atomic mass is 16.5. The average Bonchev–Trinajstić information content (AvgIpc) is 2.73. The van der Waals surface area contributed by atoms with Gasteiger partial charge in [-0.2, -0.15) is 0 Å². The third-order valence-electron chi connectivity index (χ3n) is 5.02. The summed E-state index contributed by atoms with van der Waals surface area (Å²) in [6.07, 6.45) is 0. The molecule has 154 valence electrons. The fourth-order valence-electron chi connectivity index (χ4n) is 3.38. The number of hydrogen-bond donors (Lipinski definition) is 3. The molecule has 1 saturated heterocycles. The number of benzene rings is 2. The van der Waals surface area contributed by atoms with E-state index in [2.05, 4.69) is 5.32 Å². The summed E-state index contributed by atoms with van der Waals surface area (Å²) in [5.74, 6) is -0.530. The summed E-state index contributed by atoms with van der Waals surface area (Å²) in [4.78, 5) is 25.5. The molecular formula is C22H28N3O4+. The molecule has 0 bridgehead atoms. The van der Waals surface area contributed by atoms with Crippen LogP contribution in [0.2, 0.25) is 0 Å². The van der Waals surface area contributed by atoms with Crippen LogP contribution in [0.3, 0.4) is 0 Å². The molecule has 0 spiro atoms. The molecule has 1 heterocycles. The third kappa shape index (κ3) is 6.04. The van der Waals surface area contributed by atoms with E-state index in [0.717, 1.165) is 38.4 Å². The fraction of sp³-hybridized carbons (Fsp3) is 0.364. The van der Waals surface area contributed by atoms with Gasteiger partial charge >= 0.3 is 0 Å². The number of primary amides is 1. The maximum atomic E-state index is 12.6. The largest absolute Gasteiger partial charge is 0.483 e. The van der Waals surface area contributed by atoms with Crippen molar-refractivity contribution in [2.24, 2.45) is 5.73 Å². The van der Waals surface area contributed by atoms with Gasteiger partial charge in [-0.1, -0.05) is 42.0 Å². The predicted octanol–water partition coefficient (Wildman–Crippen LogP) is 0.245. The summed E-state index contributed by atoms with van der Waals surface area (Å²) in [5, 5.41) is 3.08. The van der Waals surface area contributed by atoms with Crippen molar-refractivity contribution in [3.05, 3.63) is 65.2 Å². The van der Waals surface area contributed by atoms with E-state index in [-0.39, 0.29) is 24.1 Å². The first kappa shape index (κ1) is 20.8. The standard InChI is InChI=1S/C22H27N3O4/c1-16-6-8-17(9-7-16)19(14-25-10-12-28-13-11-25)24-21(26)15-29-20-5-3-2-4-18(20)22(23)27/h2-9,19H,10-15H2,1H3,(H2,23,27)(H,24,26)/p+1/t19-/m1/s1. The average molecular weight is 398 g/mol. The van der Waals surface area contributed by atoms with Crippen LogP contribution in [0.1, 0.15) is 27.5 Å². The van der Waals surface area contributed by atoms with E-state index in [1.165, 1.54) is 10.5 Å². The minimum absolute atomic E-state index is 0.133. The molecule has 0 aromatic heterocycles. The Morgan fingerprint density at radius 2 is 1.83 bits per heavy atom. The van der Waals surface area contributed by atoms with Gasteiger partial charge < -0.3 is 25.4 Å². The van der Waals surface area contributed by atoms with Gasteiger partial charge in [0.2, 0.25) is 0 Å². The molecule has 0 aliphatic carbocycles. The number of quaternary nitrogens is 1. The number of morpholine rings is 1. The Morgan fingerprint density at radius 3 is 2.52 bits per heavy atom. The normalized spacial score (nSPS) is 15.5. The van der Waals surface area contributed by atoms with Gasteiger partial charge in [-0.25, -0.2) is 0 Å². The zero-order valence-electron chi connectivity index (χ0n) is 16.6. The molecule has 29 heavy (non-hydrogen) atoms. The van der Waals surface area contributed by atoms with Gasteiger partial charge in [-0.3, -0.25) is 9.59 Å². The van der Waals surface area contributed by atoms with Crippen LogP contribution in [0.25, 0.3) is 0 Å². The number of aryl methyl sites for hydroxylation is 1. The van der Waals surface area contributed by atoms with Crippen molar-refractivity contribution in [2.75, 3.05) is 39.5 Å². The molecule has 1 atom stereocenters. The first-order valence-corrected chi connectivity index (χ1v) is 9.82. The highest BCUT2D eigenvalue weighted by molar-refractivity contribution is 5.95. The first-order chi connectivity index (χ1) is 14.0. The second-order valence-electron chi connectivity index (χ2n) is 7.25. The topological polar surface area (TPSA) is 95.1 Å². The number of ether oxygens (including phenoxy) is 2. The van der Waals surface area contributed by atoms with E-state index in [1.807, 2.05) is 31.2 Å². The van der Waals surface area contributed by atoms with E-state index < -0.39 is 5.91 Å². The summed E-state index contributed by atoms with van der Waals surface area (Å²) in [6.45, 7) is 5.92. The highest BCUT2D eigenvalue weighted by Crippen LogP contribution is 2.17. The van der Waals surface area contributed by atoms with Crippen LogP contribution in [-0.4, -0.2) is 51.3 Å². The first-order valence-electron chi connectivity index (χ1n) is 9.82. The van der Waals surface area contributed by atoms with Gasteiger partial charge in [0.05, 0.1) is 18.8 Å². The Balaban J connectivity index is 1.65. The summed E-state index contributed by atoms with van der Waals surface area (Å²) < 4.78 is 11.0. The molecule has 4 N–H and O–H groups in total. The van der Waals surface area contributed by atoms with Gasteiger partial charge in [0.1, 0.15) is 31.4 Å². The maximum Gasteiger partial charge on any atom is 0.258 e. The fourth-order valence-corrected chi connectivity index (χ4v) is 3.38. The Kier molecular flexibility index (Phi) is 7.21. The van der Waals surface area contributed by atoms with Crippen LogP contribution in [0.15, 0.2) is 48.5 Å². The lowest BCUT2D eigenvalue weighted by atomic mass is 10.0. The smallest absolute Gasteiger partial charge is 0.258 e.